The van der Waals surface area contributed by atoms with E-state index in [2.05, 4.69) is 20.8 Å². The summed E-state index contributed by atoms with van der Waals surface area (Å²) in [6.45, 7) is 3.79. The van der Waals surface area contributed by atoms with E-state index in [9.17, 15) is 22.8 Å². The zero-order chi connectivity index (χ0) is 27.4. The highest BCUT2D eigenvalue weighted by molar-refractivity contribution is 7.13. The van der Waals surface area contributed by atoms with Crippen molar-refractivity contribution in [1.82, 2.24) is 15.0 Å². The van der Waals surface area contributed by atoms with Crippen LogP contribution in [0.1, 0.15) is 38.6 Å². The van der Waals surface area contributed by atoms with Crippen molar-refractivity contribution >= 4 is 40.2 Å². The number of hydrazone groups is 1. The first-order chi connectivity index (χ1) is 18.0. The van der Waals surface area contributed by atoms with Gasteiger partial charge in [0.15, 0.2) is 5.13 Å². The number of nitrogens with one attached hydrogen (secondary N) is 2. The van der Waals surface area contributed by atoms with Gasteiger partial charge >= 0.3 is 12.1 Å². The number of aryl methyl sites for hydroxylation is 1. The van der Waals surface area contributed by atoms with Gasteiger partial charge in [-0.05, 0) is 62.4 Å². The topological polar surface area (TPSA) is 109 Å². The molecule has 0 aliphatic carbocycles. The van der Waals surface area contributed by atoms with E-state index in [-0.39, 0.29) is 17.7 Å². The summed E-state index contributed by atoms with van der Waals surface area (Å²) >= 11 is 1.17. The molecule has 0 unspecified atom stereocenters. The fourth-order valence-corrected chi connectivity index (χ4v) is 4.52. The van der Waals surface area contributed by atoms with Crippen molar-refractivity contribution in [2.75, 3.05) is 5.32 Å². The number of halogens is 3. The van der Waals surface area contributed by atoms with Crippen molar-refractivity contribution in [3.05, 3.63) is 93.7 Å². The third-order valence-electron chi connectivity index (χ3n) is 5.57. The molecule has 2 aromatic heterocycles. The molecule has 4 rings (SSSR count). The van der Waals surface area contributed by atoms with Gasteiger partial charge in [-0.3, -0.25) is 4.79 Å². The molecule has 4 aromatic rings. The molecule has 196 valence electrons. The maximum Gasteiger partial charge on any atom is 0.416 e. The van der Waals surface area contributed by atoms with E-state index in [4.69, 9.17) is 5.11 Å². The van der Waals surface area contributed by atoms with Gasteiger partial charge in [0.2, 0.25) is 5.91 Å². The fraction of sp³-hybridized carbons (Fsp3) is 0.154. The predicted octanol–water partition coefficient (Wildman–Crippen LogP) is 5.70. The first-order valence-electron chi connectivity index (χ1n) is 11.2. The van der Waals surface area contributed by atoms with E-state index in [1.54, 1.807) is 17.5 Å². The second-order valence-electron chi connectivity index (χ2n) is 8.33. The summed E-state index contributed by atoms with van der Waals surface area (Å²) in [7, 11) is 0. The molecule has 2 heterocycles. The van der Waals surface area contributed by atoms with Gasteiger partial charge in [-0.15, -0.1) is 11.3 Å². The Morgan fingerprint density at radius 2 is 1.87 bits per heavy atom. The number of alkyl halides is 3. The lowest BCUT2D eigenvalue weighted by Crippen LogP contribution is -2.20. The molecule has 0 bridgehead atoms. The van der Waals surface area contributed by atoms with Gasteiger partial charge in [0, 0.05) is 33.7 Å². The molecule has 0 spiro atoms. The summed E-state index contributed by atoms with van der Waals surface area (Å²) in [5.74, 6) is -1.41. The molecule has 0 saturated carbocycles. The Labute approximate surface area is 219 Å². The van der Waals surface area contributed by atoms with Crippen molar-refractivity contribution in [2.45, 2.75) is 26.4 Å². The molecule has 1 amide bonds. The summed E-state index contributed by atoms with van der Waals surface area (Å²) in [5, 5.41) is 17.9. The summed E-state index contributed by atoms with van der Waals surface area (Å²) in [4.78, 5) is 27.7. The van der Waals surface area contributed by atoms with Crippen LogP contribution < -0.4 is 10.7 Å². The number of benzene rings is 2. The van der Waals surface area contributed by atoms with Crippen LogP contribution in [0.2, 0.25) is 0 Å². The second kappa shape index (κ2) is 10.9. The number of carbonyl (C=O) groups is 2. The Balaban J connectivity index is 1.36. The van der Waals surface area contributed by atoms with E-state index in [1.807, 2.05) is 24.5 Å². The highest BCUT2D eigenvalue weighted by atomic mass is 32.1. The SMILES string of the molecule is Cc1cc(/C=N\NC(=O)Cc2csc(Nc3cccc(C(F)(F)F)c3)n2)c(C)n1-c1ccc(C(=O)O)cc1. The minimum atomic E-state index is -4.45. The Morgan fingerprint density at radius 3 is 2.55 bits per heavy atom. The van der Waals surface area contributed by atoms with Crippen LogP contribution in [0.4, 0.5) is 24.0 Å². The molecule has 38 heavy (non-hydrogen) atoms. The van der Waals surface area contributed by atoms with E-state index in [0.717, 1.165) is 34.8 Å². The zero-order valence-electron chi connectivity index (χ0n) is 20.2. The molecule has 12 heteroatoms. The van der Waals surface area contributed by atoms with Crippen LogP contribution in [0.25, 0.3) is 5.69 Å². The minimum absolute atomic E-state index is 0.0624. The van der Waals surface area contributed by atoms with Gasteiger partial charge < -0.3 is 15.0 Å². The highest BCUT2D eigenvalue weighted by Crippen LogP contribution is 2.32. The monoisotopic (exact) mass is 541 g/mol. The first kappa shape index (κ1) is 26.6. The number of carbonyl (C=O) groups excluding carboxylic acids is 1. The van der Waals surface area contributed by atoms with Crippen LogP contribution in [0.5, 0.6) is 0 Å². The number of nitrogens with zero attached hydrogens (tertiary/aromatic N) is 3. The van der Waals surface area contributed by atoms with Crippen molar-refractivity contribution in [3.8, 4) is 5.69 Å². The third-order valence-corrected chi connectivity index (χ3v) is 6.38. The van der Waals surface area contributed by atoms with Gasteiger partial charge in [-0.25, -0.2) is 15.2 Å². The molecule has 0 aliphatic heterocycles. The highest BCUT2D eigenvalue weighted by Gasteiger charge is 2.30. The summed E-state index contributed by atoms with van der Waals surface area (Å²) in [5.41, 5.74) is 5.89. The summed E-state index contributed by atoms with van der Waals surface area (Å²) in [6.07, 6.45) is -2.99. The average Bonchev–Trinajstić information content (AvgIpc) is 3.41. The van der Waals surface area contributed by atoms with Gasteiger partial charge in [-0.2, -0.15) is 18.3 Å². The molecule has 0 saturated heterocycles. The number of hydrogen-bond donors (Lipinski definition) is 3. The summed E-state index contributed by atoms with van der Waals surface area (Å²) < 4.78 is 40.7. The van der Waals surface area contributed by atoms with E-state index < -0.39 is 23.6 Å². The van der Waals surface area contributed by atoms with Crippen molar-refractivity contribution in [1.29, 1.82) is 0 Å². The lowest BCUT2D eigenvalue weighted by Gasteiger charge is -2.09. The molecular weight excluding hydrogens is 519 g/mol. The molecule has 0 fully saturated rings. The number of amides is 1. The Hall–Kier alpha value is -4.45. The molecule has 8 nitrogen and oxygen atoms in total. The standard InChI is InChI=1S/C26H22F3N5O3S/c1-15-10-18(16(2)34(15)22-8-6-17(7-9-22)24(36)37)13-30-33-23(35)12-21-14-38-25(32-21)31-20-5-3-4-19(11-20)26(27,28)29/h3-11,13-14H,12H2,1-2H3,(H,31,32)(H,33,35)(H,36,37)/b30-13-. The average molecular weight is 542 g/mol. The number of thiazole rings is 1. The van der Waals surface area contributed by atoms with E-state index >= 15 is 0 Å². The lowest BCUT2D eigenvalue weighted by atomic mass is 10.2. The van der Waals surface area contributed by atoms with Crippen LogP contribution in [0, 0.1) is 13.8 Å². The smallest absolute Gasteiger partial charge is 0.416 e. The molecular formula is C26H22F3N5O3S. The predicted molar refractivity (Wildman–Crippen MR) is 138 cm³/mol. The van der Waals surface area contributed by atoms with E-state index in [0.29, 0.717) is 10.8 Å². The molecule has 0 radical (unpaired) electrons. The number of carboxylic acids is 1. The zero-order valence-corrected chi connectivity index (χ0v) is 21.0. The van der Waals surface area contributed by atoms with Crippen molar-refractivity contribution in [2.24, 2.45) is 5.10 Å². The number of aromatic carboxylic acids is 1. The molecule has 0 aliphatic rings. The first-order valence-corrected chi connectivity index (χ1v) is 12.1. The number of carboxylic acid groups (broad SMARTS) is 1. The number of rotatable bonds is 8. The van der Waals surface area contributed by atoms with Crippen molar-refractivity contribution in [3.63, 3.8) is 0 Å². The summed E-state index contributed by atoms with van der Waals surface area (Å²) in [6, 6.07) is 13.2. The minimum Gasteiger partial charge on any atom is -0.478 e. The van der Waals surface area contributed by atoms with Crippen LogP contribution in [0.15, 0.2) is 65.1 Å². The quantitative estimate of drug-likeness (QED) is 0.196. The Bertz CT molecular complexity index is 1510. The van der Waals surface area contributed by atoms with Gasteiger partial charge in [0.25, 0.3) is 0 Å². The normalized spacial score (nSPS) is 11.6. The van der Waals surface area contributed by atoms with Crippen LogP contribution >= 0.6 is 11.3 Å². The number of anilines is 2. The number of hydrogen-bond acceptors (Lipinski definition) is 6. The Morgan fingerprint density at radius 1 is 1.13 bits per heavy atom. The Kier molecular flexibility index (Phi) is 7.62. The van der Waals surface area contributed by atoms with Gasteiger partial charge in [0.1, 0.15) is 0 Å². The molecule has 0 atom stereocenters. The second-order valence-corrected chi connectivity index (χ2v) is 9.19. The van der Waals surface area contributed by atoms with Gasteiger partial charge in [0.05, 0.1) is 29.5 Å². The maximum atomic E-state index is 12.9. The van der Waals surface area contributed by atoms with Crippen LogP contribution in [0.3, 0.4) is 0 Å². The molecule has 2 aromatic carbocycles. The largest absolute Gasteiger partial charge is 0.478 e. The van der Waals surface area contributed by atoms with E-state index in [1.165, 1.54) is 41.8 Å². The fourth-order valence-electron chi connectivity index (χ4n) is 3.79. The van der Waals surface area contributed by atoms with Crippen LogP contribution in [-0.2, 0) is 17.4 Å². The third kappa shape index (κ3) is 6.27. The van der Waals surface area contributed by atoms with Crippen molar-refractivity contribution < 1.29 is 27.9 Å². The molecule has 3 N–H and O–H groups in total. The maximum absolute atomic E-state index is 12.9. The van der Waals surface area contributed by atoms with Crippen LogP contribution in [-0.4, -0.2) is 32.7 Å². The lowest BCUT2D eigenvalue weighted by molar-refractivity contribution is -0.137. The number of aromatic nitrogens is 2. The van der Waals surface area contributed by atoms with Gasteiger partial charge in [-0.1, -0.05) is 6.07 Å².